The number of esters is 1. The molecule has 0 bridgehead atoms. The standard InChI is InChI=1S/C8H15NO2/c1-3-9-5-4-7(6-9)8(10)11-2/h7H,3-6H2,1-2H3. The summed E-state index contributed by atoms with van der Waals surface area (Å²) in [7, 11) is 1.46. The highest BCUT2D eigenvalue weighted by molar-refractivity contribution is 5.72. The molecule has 1 atom stereocenters. The summed E-state index contributed by atoms with van der Waals surface area (Å²) >= 11 is 0. The Balaban J connectivity index is 2.35. The van der Waals surface area contributed by atoms with Crippen LogP contribution in [0.15, 0.2) is 0 Å². The largest absolute Gasteiger partial charge is 0.469 e. The van der Waals surface area contributed by atoms with Crippen LogP contribution in [0.1, 0.15) is 13.3 Å². The van der Waals surface area contributed by atoms with Crippen LogP contribution in [0.5, 0.6) is 0 Å². The third-order valence-corrected chi connectivity index (χ3v) is 2.25. The second-order valence-corrected chi connectivity index (χ2v) is 2.90. The molecule has 11 heavy (non-hydrogen) atoms. The van der Waals surface area contributed by atoms with Gasteiger partial charge in [-0.15, -0.1) is 0 Å². The molecule has 0 aromatic rings. The van der Waals surface area contributed by atoms with Crippen LogP contribution in [0.2, 0.25) is 0 Å². The zero-order chi connectivity index (χ0) is 8.27. The second kappa shape index (κ2) is 3.72. The maximum absolute atomic E-state index is 11.0. The van der Waals surface area contributed by atoms with Crippen molar-refractivity contribution in [1.82, 2.24) is 4.90 Å². The van der Waals surface area contributed by atoms with Gasteiger partial charge in [-0.25, -0.2) is 0 Å². The second-order valence-electron chi connectivity index (χ2n) is 2.90. The zero-order valence-electron chi connectivity index (χ0n) is 7.17. The van der Waals surface area contributed by atoms with E-state index in [4.69, 9.17) is 0 Å². The summed E-state index contributed by atoms with van der Waals surface area (Å²) in [5, 5.41) is 0. The van der Waals surface area contributed by atoms with Gasteiger partial charge in [-0.05, 0) is 19.5 Å². The van der Waals surface area contributed by atoms with Crippen molar-refractivity contribution in [2.24, 2.45) is 5.92 Å². The summed E-state index contributed by atoms with van der Waals surface area (Å²) in [5.74, 6) is 0.0703. The van der Waals surface area contributed by atoms with Crippen molar-refractivity contribution in [3.8, 4) is 0 Å². The minimum absolute atomic E-state index is 0.0547. The van der Waals surface area contributed by atoms with Crippen molar-refractivity contribution in [2.45, 2.75) is 13.3 Å². The molecule has 1 aliphatic heterocycles. The van der Waals surface area contributed by atoms with Crippen LogP contribution in [-0.2, 0) is 9.53 Å². The number of likely N-dealkylation sites (tertiary alicyclic amines) is 1. The quantitative estimate of drug-likeness (QED) is 0.547. The molecule has 0 aromatic heterocycles. The molecule has 0 aromatic carbocycles. The molecule has 1 saturated heterocycles. The lowest BCUT2D eigenvalue weighted by Gasteiger charge is -2.11. The molecule has 0 saturated carbocycles. The monoisotopic (exact) mass is 157 g/mol. The highest BCUT2D eigenvalue weighted by Gasteiger charge is 2.27. The van der Waals surface area contributed by atoms with Gasteiger partial charge in [0.15, 0.2) is 0 Å². The Labute approximate surface area is 67.3 Å². The average molecular weight is 157 g/mol. The van der Waals surface area contributed by atoms with Crippen LogP contribution in [0, 0.1) is 5.92 Å². The molecule has 1 rings (SSSR count). The average Bonchev–Trinajstić information content (AvgIpc) is 2.50. The van der Waals surface area contributed by atoms with Crippen LogP contribution in [0.3, 0.4) is 0 Å². The van der Waals surface area contributed by atoms with Crippen molar-refractivity contribution in [1.29, 1.82) is 0 Å². The normalized spacial score (nSPS) is 25.5. The first-order valence-electron chi connectivity index (χ1n) is 4.08. The minimum Gasteiger partial charge on any atom is -0.469 e. The Kier molecular flexibility index (Phi) is 2.88. The van der Waals surface area contributed by atoms with E-state index in [1.807, 2.05) is 0 Å². The first kappa shape index (κ1) is 8.53. The number of rotatable bonds is 2. The zero-order valence-corrected chi connectivity index (χ0v) is 7.17. The van der Waals surface area contributed by atoms with Gasteiger partial charge in [-0.3, -0.25) is 4.79 Å². The molecular weight excluding hydrogens is 142 g/mol. The molecule has 0 aliphatic carbocycles. The number of carbonyl (C=O) groups excluding carboxylic acids is 1. The maximum atomic E-state index is 11.0. The molecule has 64 valence electrons. The van der Waals surface area contributed by atoms with E-state index < -0.39 is 0 Å². The van der Waals surface area contributed by atoms with Crippen molar-refractivity contribution < 1.29 is 9.53 Å². The van der Waals surface area contributed by atoms with Crippen molar-refractivity contribution in [3.63, 3.8) is 0 Å². The Bertz CT molecular complexity index is 147. The molecule has 0 N–H and O–H groups in total. The van der Waals surface area contributed by atoms with Gasteiger partial charge in [0.25, 0.3) is 0 Å². The van der Waals surface area contributed by atoms with Gasteiger partial charge < -0.3 is 9.64 Å². The first-order valence-corrected chi connectivity index (χ1v) is 4.08. The summed E-state index contributed by atoms with van der Waals surface area (Å²) in [4.78, 5) is 13.3. The Morgan fingerprint density at radius 1 is 1.73 bits per heavy atom. The third kappa shape index (κ3) is 1.93. The van der Waals surface area contributed by atoms with E-state index in [9.17, 15) is 4.79 Å². The number of hydrogen-bond acceptors (Lipinski definition) is 3. The summed E-state index contributed by atoms with van der Waals surface area (Å²) in [5.41, 5.74) is 0. The van der Waals surface area contributed by atoms with Crippen LogP contribution < -0.4 is 0 Å². The van der Waals surface area contributed by atoms with Crippen LogP contribution in [0.4, 0.5) is 0 Å². The van der Waals surface area contributed by atoms with Crippen LogP contribution in [0.25, 0.3) is 0 Å². The first-order chi connectivity index (χ1) is 5.27. The summed E-state index contributed by atoms with van der Waals surface area (Å²) in [6.07, 6.45) is 0.959. The smallest absolute Gasteiger partial charge is 0.310 e. The fourth-order valence-electron chi connectivity index (χ4n) is 1.48. The minimum atomic E-state index is -0.0547. The van der Waals surface area contributed by atoms with Crippen molar-refractivity contribution >= 4 is 5.97 Å². The molecule has 0 radical (unpaired) electrons. The maximum Gasteiger partial charge on any atom is 0.310 e. The number of nitrogens with zero attached hydrogens (tertiary/aromatic N) is 1. The van der Waals surface area contributed by atoms with E-state index in [2.05, 4.69) is 16.6 Å². The summed E-state index contributed by atoms with van der Waals surface area (Å²) < 4.78 is 4.66. The summed E-state index contributed by atoms with van der Waals surface area (Å²) in [6.45, 7) is 5.06. The van der Waals surface area contributed by atoms with Gasteiger partial charge in [-0.1, -0.05) is 6.92 Å². The fraction of sp³-hybridized carbons (Fsp3) is 0.875. The molecular formula is C8H15NO2. The fourth-order valence-corrected chi connectivity index (χ4v) is 1.48. The molecule has 1 unspecified atom stereocenters. The topological polar surface area (TPSA) is 29.5 Å². The van der Waals surface area contributed by atoms with Crippen LogP contribution >= 0.6 is 0 Å². The highest BCUT2D eigenvalue weighted by Crippen LogP contribution is 2.16. The molecule has 1 aliphatic rings. The van der Waals surface area contributed by atoms with E-state index in [0.29, 0.717) is 0 Å². The van der Waals surface area contributed by atoms with E-state index >= 15 is 0 Å². The molecule has 3 nitrogen and oxygen atoms in total. The van der Waals surface area contributed by atoms with Gasteiger partial charge in [0.2, 0.25) is 0 Å². The van der Waals surface area contributed by atoms with Gasteiger partial charge >= 0.3 is 5.97 Å². The molecule has 0 amide bonds. The van der Waals surface area contributed by atoms with Crippen molar-refractivity contribution in [2.75, 3.05) is 26.7 Å². The van der Waals surface area contributed by atoms with E-state index in [1.165, 1.54) is 7.11 Å². The lowest BCUT2D eigenvalue weighted by Crippen LogP contribution is -2.23. The number of carbonyl (C=O) groups is 1. The highest BCUT2D eigenvalue weighted by atomic mass is 16.5. The van der Waals surface area contributed by atoms with Gasteiger partial charge in [0, 0.05) is 6.54 Å². The SMILES string of the molecule is CCN1CCC(C(=O)OC)C1. The lowest BCUT2D eigenvalue weighted by atomic mass is 10.1. The third-order valence-electron chi connectivity index (χ3n) is 2.25. The predicted molar refractivity (Wildman–Crippen MR) is 42.2 cm³/mol. The van der Waals surface area contributed by atoms with E-state index in [1.54, 1.807) is 0 Å². The van der Waals surface area contributed by atoms with E-state index in [-0.39, 0.29) is 11.9 Å². The van der Waals surface area contributed by atoms with Gasteiger partial charge in [0.1, 0.15) is 0 Å². The number of methoxy groups -OCH3 is 1. The van der Waals surface area contributed by atoms with E-state index in [0.717, 1.165) is 26.1 Å². The molecule has 3 heteroatoms. The van der Waals surface area contributed by atoms with Gasteiger partial charge in [-0.2, -0.15) is 0 Å². The molecule has 1 heterocycles. The summed E-state index contributed by atoms with van der Waals surface area (Å²) in [6, 6.07) is 0. The predicted octanol–water partition coefficient (Wildman–Crippen LogP) is 0.501. The number of hydrogen-bond donors (Lipinski definition) is 0. The van der Waals surface area contributed by atoms with Gasteiger partial charge in [0.05, 0.1) is 13.0 Å². The Morgan fingerprint density at radius 3 is 2.91 bits per heavy atom. The van der Waals surface area contributed by atoms with Crippen LogP contribution in [-0.4, -0.2) is 37.6 Å². The number of ether oxygens (including phenoxy) is 1. The Hall–Kier alpha value is -0.570. The molecule has 0 spiro atoms. The Morgan fingerprint density at radius 2 is 2.45 bits per heavy atom. The molecule has 1 fully saturated rings. The lowest BCUT2D eigenvalue weighted by molar-refractivity contribution is -0.144. The van der Waals surface area contributed by atoms with Crippen molar-refractivity contribution in [3.05, 3.63) is 0 Å².